The highest BCUT2D eigenvalue weighted by Gasteiger charge is 2.06. The van der Waals surface area contributed by atoms with Crippen LogP contribution < -0.4 is 20.1 Å². The Morgan fingerprint density at radius 2 is 1.90 bits per heavy atom. The maximum Gasteiger partial charge on any atom is 0.224 e. The minimum atomic E-state index is 0.593. The molecule has 2 rings (SSSR count). The summed E-state index contributed by atoms with van der Waals surface area (Å²) in [5, 5.41) is 6.23. The Labute approximate surface area is 124 Å². The SMILES string of the molecule is CNc1ncc(C)c(NCc2ccc(OC)c(OC)c2)n1. The smallest absolute Gasteiger partial charge is 0.224 e. The number of nitrogens with zero attached hydrogens (tertiary/aromatic N) is 2. The number of ether oxygens (including phenoxy) is 2. The number of benzene rings is 1. The van der Waals surface area contributed by atoms with E-state index in [9.17, 15) is 0 Å². The fraction of sp³-hybridized carbons (Fsp3) is 0.333. The molecule has 0 radical (unpaired) electrons. The van der Waals surface area contributed by atoms with Crippen molar-refractivity contribution in [2.45, 2.75) is 13.5 Å². The number of aromatic nitrogens is 2. The third kappa shape index (κ3) is 3.53. The Hall–Kier alpha value is -2.50. The minimum absolute atomic E-state index is 0.593. The lowest BCUT2D eigenvalue weighted by molar-refractivity contribution is 0.354. The number of nitrogens with one attached hydrogen (secondary N) is 2. The molecule has 0 aliphatic carbocycles. The average Bonchev–Trinajstić information content (AvgIpc) is 2.53. The molecule has 0 saturated heterocycles. The second-order valence-corrected chi connectivity index (χ2v) is 4.52. The molecule has 0 spiro atoms. The predicted molar refractivity (Wildman–Crippen MR) is 83.2 cm³/mol. The van der Waals surface area contributed by atoms with Crippen LogP contribution >= 0.6 is 0 Å². The molecule has 1 aromatic heterocycles. The van der Waals surface area contributed by atoms with E-state index in [1.54, 1.807) is 27.5 Å². The Morgan fingerprint density at radius 1 is 1.14 bits per heavy atom. The zero-order chi connectivity index (χ0) is 15.2. The zero-order valence-electron chi connectivity index (χ0n) is 12.7. The van der Waals surface area contributed by atoms with Crippen LogP contribution in [-0.4, -0.2) is 31.2 Å². The van der Waals surface area contributed by atoms with Gasteiger partial charge < -0.3 is 20.1 Å². The molecule has 0 amide bonds. The third-order valence-corrected chi connectivity index (χ3v) is 3.10. The first-order valence-electron chi connectivity index (χ1n) is 6.64. The van der Waals surface area contributed by atoms with E-state index in [2.05, 4.69) is 20.6 Å². The van der Waals surface area contributed by atoms with Gasteiger partial charge in [-0.3, -0.25) is 0 Å². The van der Waals surface area contributed by atoms with Crippen LogP contribution in [0.15, 0.2) is 24.4 Å². The van der Waals surface area contributed by atoms with Crippen LogP contribution in [0, 0.1) is 6.92 Å². The molecule has 1 heterocycles. The summed E-state index contributed by atoms with van der Waals surface area (Å²) in [6.07, 6.45) is 1.79. The van der Waals surface area contributed by atoms with Gasteiger partial charge in [-0.05, 0) is 24.6 Å². The summed E-state index contributed by atoms with van der Waals surface area (Å²) < 4.78 is 10.5. The van der Waals surface area contributed by atoms with E-state index in [1.807, 2.05) is 25.1 Å². The summed E-state index contributed by atoms with van der Waals surface area (Å²) in [4.78, 5) is 8.56. The van der Waals surface area contributed by atoms with Gasteiger partial charge in [0.15, 0.2) is 11.5 Å². The van der Waals surface area contributed by atoms with Crippen molar-refractivity contribution in [3.63, 3.8) is 0 Å². The molecule has 6 nitrogen and oxygen atoms in total. The molecule has 0 aliphatic heterocycles. The quantitative estimate of drug-likeness (QED) is 0.851. The predicted octanol–water partition coefficient (Wildman–Crippen LogP) is 2.46. The molecular formula is C15H20N4O2. The van der Waals surface area contributed by atoms with Crippen molar-refractivity contribution in [2.75, 3.05) is 31.9 Å². The van der Waals surface area contributed by atoms with Gasteiger partial charge in [0, 0.05) is 25.4 Å². The van der Waals surface area contributed by atoms with E-state index in [0.717, 1.165) is 22.7 Å². The average molecular weight is 288 g/mol. The molecule has 0 unspecified atom stereocenters. The van der Waals surface area contributed by atoms with Crippen LogP contribution in [0.3, 0.4) is 0 Å². The van der Waals surface area contributed by atoms with Crippen molar-refractivity contribution >= 4 is 11.8 Å². The molecular weight excluding hydrogens is 268 g/mol. The molecule has 0 saturated carbocycles. The van der Waals surface area contributed by atoms with Gasteiger partial charge in [0.25, 0.3) is 0 Å². The molecule has 6 heteroatoms. The molecule has 2 N–H and O–H groups in total. The molecule has 0 aliphatic rings. The first-order valence-corrected chi connectivity index (χ1v) is 6.64. The van der Waals surface area contributed by atoms with Crippen LogP contribution in [0.25, 0.3) is 0 Å². The van der Waals surface area contributed by atoms with Gasteiger partial charge in [-0.25, -0.2) is 4.98 Å². The number of hydrogen-bond donors (Lipinski definition) is 2. The first-order chi connectivity index (χ1) is 10.2. The van der Waals surface area contributed by atoms with Crippen LogP contribution in [-0.2, 0) is 6.54 Å². The van der Waals surface area contributed by atoms with Crippen molar-refractivity contribution in [1.82, 2.24) is 9.97 Å². The second kappa shape index (κ2) is 6.78. The van der Waals surface area contributed by atoms with Crippen molar-refractivity contribution in [3.05, 3.63) is 35.5 Å². The Kier molecular flexibility index (Phi) is 4.81. The van der Waals surface area contributed by atoms with Crippen LogP contribution in [0.2, 0.25) is 0 Å². The second-order valence-electron chi connectivity index (χ2n) is 4.52. The fourth-order valence-electron chi connectivity index (χ4n) is 1.92. The Balaban J connectivity index is 2.13. The van der Waals surface area contributed by atoms with E-state index in [0.29, 0.717) is 18.2 Å². The summed E-state index contributed by atoms with van der Waals surface area (Å²) in [6.45, 7) is 2.61. The highest BCUT2D eigenvalue weighted by atomic mass is 16.5. The maximum atomic E-state index is 5.30. The lowest BCUT2D eigenvalue weighted by atomic mass is 10.2. The molecule has 21 heavy (non-hydrogen) atoms. The molecule has 2 aromatic rings. The summed E-state index contributed by atoms with van der Waals surface area (Å²) in [5.41, 5.74) is 2.08. The van der Waals surface area contributed by atoms with Gasteiger partial charge >= 0.3 is 0 Å². The van der Waals surface area contributed by atoms with Gasteiger partial charge in [-0.15, -0.1) is 0 Å². The highest BCUT2D eigenvalue weighted by molar-refractivity contribution is 5.48. The summed E-state index contributed by atoms with van der Waals surface area (Å²) >= 11 is 0. The van der Waals surface area contributed by atoms with E-state index in [1.165, 1.54) is 0 Å². The molecule has 0 bridgehead atoms. The van der Waals surface area contributed by atoms with Gasteiger partial charge in [0.05, 0.1) is 14.2 Å². The van der Waals surface area contributed by atoms with Crippen molar-refractivity contribution in [2.24, 2.45) is 0 Å². The zero-order valence-corrected chi connectivity index (χ0v) is 12.7. The van der Waals surface area contributed by atoms with E-state index in [-0.39, 0.29) is 0 Å². The van der Waals surface area contributed by atoms with Crippen molar-refractivity contribution < 1.29 is 9.47 Å². The molecule has 112 valence electrons. The summed E-state index contributed by atoms with van der Waals surface area (Å²) in [7, 11) is 5.05. The number of anilines is 2. The highest BCUT2D eigenvalue weighted by Crippen LogP contribution is 2.27. The number of rotatable bonds is 6. The van der Waals surface area contributed by atoms with Crippen LogP contribution in [0.4, 0.5) is 11.8 Å². The van der Waals surface area contributed by atoms with E-state index in [4.69, 9.17) is 9.47 Å². The number of methoxy groups -OCH3 is 2. The normalized spacial score (nSPS) is 10.1. The van der Waals surface area contributed by atoms with Crippen LogP contribution in [0.1, 0.15) is 11.1 Å². The van der Waals surface area contributed by atoms with Gasteiger partial charge in [0.1, 0.15) is 5.82 Å². The Morgan fingerprint density at radius 3 is 2.57 bits per heavy atom. The standard InChI is InChI=1S/C15H20N4O2/c1-10-8-18-15(16-2)19-14(10)17-9-11-5-6-12(20-3)13(7-11)21-4/h5-8H,9H2,1-4H3,(H2,16,17,18,19). The number of aryl methyl sites for hydroxylation is 1. The van der Waals surface area contributed by atoms with Gasteiger partial charge in [-0.2, -0.15) is 4.98 Å². The lowest BCUT2D eigenvalue weighted by Crippen LogP contribution is -2.06. The first kappa shape index (κ1) is 14.9. The maximum absolute atomic E-state index is 5.30. The monoisotopic (exact) mass is 288 g/mol. The number of hydrogen-bond acceptors (Lipinski definition) is 6. The molecule has 1 aromatic carbocycles. The molecule has 0 atom stereocenters. The summed E-state index contributed by atoms with van der Waals surface area (Å²) in [5.74, 6) is 2.84. The van der Waals surface area contributed by atoms with E-state index >= 15 is 0 Å². The largest absolute Gasteiger partial charge is 0.493 e. The van der Waals surface area contributed by atoms with E-state index < -0.39 is 0 Å². The molecule has 0 fully saturated rings. The van der Waals surface area contributed by atoms with Gasteiger partial charge in [-0.1, -0.05) is 6.07 Å². The van der Waals surface area contributed by atoms with Crippen molar-refractivity contribution in [3.8, 4) is 11.5 Å². The minimum Gasteiger partial charge on any atom is -0.493 e. The van der Waals surface area contributed by atoms with Gasteiger partial charge in [0.2, 0.25) is 5.95 Å². The topological polar surface area (TPSA) is 68.3 Å². The Bertz CT molecular complexity index is 617. The van der Waals surface area contributed by atoms with Crippen LogP contribution in [0.5, 0.6) is 11.5 Å². The third-order valence-electron chi connectivity index (χ3n) is 3.10. The summed E-state index contributed by atoms with van der Waals surface area (Å²) in [6, 6.07) is 5.83. The lowest BCUT2D eigenvalue weighted by Gasteiger charge is -2.12. The van der Waals surface area contributed by atoms with Crippen molar-refractivity contribution in [1.29, 1.82) is 0 Å². The fourth-order valence-corrected chi connectivity index (χ4v) is 1.92.